The number of rotatable bonds is 8. The quantitative estimate of drug-likeness (QED) is 0.726. The van der Waals surface area contributed by atoms with E-state index in [1.165, 1.54) is 0 Å². The Morgan fingerprint density at radius 3 is 2.67 bits per heavy atom. The number of nitrogens with one attached hydrogen (secondary N) is 1. The average Bonchev–Trinajstić information content (AvgIpc) is 2.63. The number of hydrogen-bond acceptors (Lipinski definition) is 6. The van der Waals surface area contributed by atoms with Crippen LogP contribution in [0.5, 0.6) is 0 Å². The molecule has 6 nitrogen and oxygen atoms in total. The van der Waals surface area contributed by atoms with Crippen molar-refractivity contribution in [3.8, 4) is 0 Å². The Morgan fingerprint density at radius 1 is 1.39 bits per heavy atom. The van der Waals surface area contributed by atoms with E-state index in [0.717, 1.165) is 11.3 Å². The number of sulfonamides is 1. The highest BCUT2D eigenvalue weighted by atomic mass is 35.5. The topological polar surface area (TPSA) is 77.5 Å². The molecule has 1 aromatic heterocycles. The summed E-state index contributed by atoms with van der Waals surface area (Å²) in [5.74, 6) is 0. The van der Waals surface area contributed by atoms with Crippen LogP contribution in [0.4, 0.5) is 0 Å². The van der Waals surface area contributed by atoms with Gasteiger partial charge in [0.1, 0.15) is 0 Å². The molecule has 1 rings (SSSR count). The predicted molar refractivity (Wildman–Crippen MR) is 69.7 cm³/mol. The lowest BCUT2D eigenvalue weighted by Gasteiger charge is -2.06. The molecule has 1 heterocycles. The number of ether oxygens (including phenoxy) is 2. The van der Waals surface area contributed by atoms with E-state index in [-0.39, 0.29) is 21.8 Å². The molecule has 0 amide bonds. The number of halogens is 1. The van der Waals surface area contributed by atoms with Crippen molar-refractivity contribution in [1.29, 1.82) is 0 Å². The minimum Gasteiger partial charge on any atom is -0.382 e. The zero-order valence-electron chi connectivity index (χ0n) is 10.1. The Balaban J connectivity index is 2.43. The molecule has 0 bridgehead atoms. The number of aryl methyl sites for hydroxylation is 1. The van der Waals surface area contributed by atoms with Crippen molar-refractivity contribution in [2.75, 3.05) is 33.5 Å². The van der Waals surface area contributed by atoms with Gasteiger partial charge in [0.05, 0.1) is 25.5 Å². The molecule has 18 heavy (non-hydrogen) atoms. The van der Waals surface area contributed by atoms with Gasteiger partial charge in [-0.2, -0.15) is 0 Å². The van der Waals surface area contributed by atoms with Crippen LogP contribution in [0.1, 0.15) is 5.69 Å². The number of methoxy groups -OCH3 is 1. The standard InChI is InChI=1S/C9H15ClN2O4S2/c1-7-8(17-9(10)12-7)18(13,14)11-3-4-16-6-5-15-2/h11H,3-6H2,1-2H3. The predicted octanol–water partition coefficient (Wildman–Crippen LogP) is 1.05. The lowest BCUT2D eigenvalue weighted by atomic mass is 10.6. The fourth-order valence-electron chi connectivity index (χ4n) is 1.16. The van der Waals surface area contributed by atoms with Gasteiger partial charge in [0.2, 0.25) is 0 Å². The van der Waals surface area contributed by atoms with Crippen molar-refractivity contribution in [3.63, 3.8) is 0 Å². The number of hydrogen-bond donors (Lipinski definition) is 1. The molecule has 0 aromatic carbocycles. The lowest BCUT2D eigenvalue weighted by Crippen LogP contribution is -2.27. The van der Waals surface area contributed by atoms with E-state index in [2.05, 4.69) is 9.71 Å². The highest BCUT2D eigenvalue weighted by Crippen LogP contribution is 2.26. The molecule has 0 saturated heterocycles. The van der Waals surface area contributed by atoms with Crippen molar-refractivity contribution in [2.45, 2.75) is 11.1 Å². The second kappa shape index (κ2) is 7.37. The van der Waals surface area contributed by atoms with Crippen LogP contribution >= 0.6 is 22.9 Å². The van der Waals surface area contributed by atoms with Crippen LogP contribution < -0.4 is 4.72 Å². The summed E-state index contributed by atoms with van der Waals surface area (Å²) in [7, 11) is -1.98. The van der Waals surface area contributed by atoms with Gasteiger partial charge in [0.25, 0.3) is 10.0 Å². The fourth-order valence-corrected chi connectivity index (χ4v) is 3.95. The summed E-state index contributed by atoms with van der Waals surface area (Å²) < 4.78 is 36.5. The highest BCUT2D eigenvalue weighted by molar-refractivity contribution is 7.91. The first kappa shape index (κ1) is 15.8. The van der Waals surface area contributed by atoms with Crippen LogP contribution in [-0.4, -0.2) is 46.9 Å². The van der Waals surface area contributed by atoms with E-state index in [0.29, 0.717) is 18.9 Å². The van der Waals surface area contributed by atoms with Crippen molar-refractivity contribution in [3.05, 3.63) is 10.2 Å². The van der Waals surface area contributed by atoms with Gasteiger partial charge in [-0.1, -0.05) is 22.9 Å². The molecule has 0 saturated carbocycles. The molecular weight excluding hydrogens is 300 g/mol. The van der Waals surface area contributed by atoms with E-state index < -0.39 is 10.0 Å². The highest BCUT2D eigenvalue weighted by Gasteiger charge is 2.20. The molecule has 0 aliphatic heterocycles. The third-order valence-electron chi connectivity index (χ3n) is 1.94. The Morgan fingerprint density at radius 2 is 2.11 bits per heavy atom. The summed E-state index contributed by atoms with van der Waals surface area (Å²) >= 11 is 6.60. The molecule has 1 aromatic rings. The van der Waals surface area contributed by atoms with Crippen LogP contribution in [0.25, 0.3) is 0 Å². The normalized spacial score (nSPS) is 11.9. The summed E-state index contributed by atoms with van der Waals surface area (Å²) in [6.45, 7) is 3.00. The van der Waals surface area contributed by atoms with Crippen LogP contribution in [0.2, 0.25) is 4.47 Å². The largest absolute Gasteiger partial charge is 0.382 e. The molecule has 0 radical (unpaired) electrons. The van der Waals surface area contributed by atoms with E-state index in [9.17, 15) is 8.42 Å². The monoisotopic (exact) mass is 314 g/mol. The zero-order valence-corrected chi connectivity index (χ0v) is 12.5. The van der Waals surface area contributed by atoms with Crippen LogP contribution in [0.3, 0.4) is 0 Å². The van der Waals surface area contributed by atoms with Gasteiger partial charge in [-0.15, -0.1) is 0 Å². The molecule has 0 spiro atoms. The summed E-state index contributed by atoms with van der Waals surface area (Å²) in [6.07, 6.45) is 0. The van der Waals surface area contributed by atoms with E-state index >= 15 is 0 Å². The van der Waals surface area contributed by atoms with Gasteiger partial charge < -0.3 is 9.47 Å². The Bertz CT molecular complexity index is 475. The van der Waals surface area contributed by atoms with Crippen LogP contribution in [0.15, 0.2) is 4.21 Å². The fraction of sp³-hybridized carbons (Fsp3) is 0.667. The van der Waals surface area contributed by atoms with Crippen molar-refractivity contribution in [2.24, 2.45) is 0 Å². The van der Waals surface area contributed by atoms with Crippen molar-refractivity contribution >= 4 is 33.0 Å². The minimum absolute atomic E-state index is 0.143. The summed E-state index contributed by atoms with van der Waals surface area (Å²) in [6, 6.07) is 0. The Hall–Kier alpha value is -0.250. The average molecular weight is 315 g/mol. The maximum atomic E-state index is 11.9. The third kappa shape index (κ3) is 4.79. The molecule has 1 N–H and O–H groups in total. The minimum atomic E-state index is -3.55. The third-order valence-corrected chi connectivity index (χ3v) is 5.27. The number of aromatic nitrogens is 1. The number of nitrogens with zero attached hydrogens (tertiary/aromatic N) is 1. The molecule has 0 fully saturated rings. The maximum absolute atomic E-state index is 11.9. The molecular formula is C9H15ClN2O4S2. The second-order valence-electron chi connectivity index (χ2n) is 3.34. The van der Waals surface area contributed by atoms with Gasteiger partial charge in [-0.05, 0) is 6.92 Å². The molecule has 104 valence electrons. The van der Waals surface area contributed by atoms with Gasteiger partial charge in [0.15, 0.2) is 8.68 Å². The van der Waals surface area contributed by atoms with Crippen LogP contribution in [-0.2, 0) is 19.5 Å². The Labute approximate surface area is 115 Å². The zero-order chi connectivity index (χ0) is 13.6. The SMILES string of the molecule is COCCOCCNS(=O)(=O)c1sc(Cl)nc1C. The second-order valence-corrected chi connectivity index (χ2v) is 6.89. The van der Waals surface area contributed by atoms with Gasteiger partial charge >= 0.3 is 0 Å². The smallest absolute Gasteiger partial charge is 0.252 e. The molecule has 0 unspecified atom stereocenters. The van der Waals surface area contributed by atoms with E-state index in [4.69, 9.17) is 21.1 Å². The van der Waals surface area contributed by atoms with E-state index in [1.54, 1.807) is 14.0 Å². The molecule has 0 aliphatic carbocycles. The molecule has 9 heteroatoms. The summed E-state index contributed by atoms with van der Waals surface area (Å²) in [5, 5.41) is 0. The van der Waals surface area contributed by atoms with Gasteiger partial charge in [-0.25, -0.2) is 18.1 Å². The van der Waals surface area contributed by atoms with Crippen molar-refractivity contribution in [1.82, 2.24) is 9.71 Å². The first-order valence-electron chi connectivity index (χ1n) is 5.16. The first-order chi connectivity index (χ1) is 8.47. The molecule has 0 aliphatic rings. The maximum Gasteiger partial charge on any atom is 0.252 e. The summed E-state index contributed by atoms with van der Waals surface area (Å²) in [4.78, 5) is 3.86. The van der Waals surface area contributed by atoms with Gasteiger partial charge in [0, 0.05) is 13.7 Å². The Kier molecular flexibility index (Phi) is 6.47. The summed E-state index contributed by atoms with van der Waals surface area (Å²) in [5.41, 5.74) is 0.401. The first-order valence-corrected chi connectivity index (χ1v) is 7.84. The van der Waals surface area contributed by atoms with Gasteiger partial charge in [-0.3, -0.25) is 0 Å². The van der Waals surface area contributed by atoms with Crippen LogP contribution in [0, 0.1) is 6.92 Å². The van der Waals surface area contributed by atoms with Crippen molar-refractivity contribution < 1.29 is 17.9 Å². The lowest BCUT2D eigenvalue weighted by molar-refractivity contribution is 0.0736. The molecule has 0 atom stereocenters. The van der Waals surface area contributed by atoms with E-state index in [1.807, 2.05) is 0 Å². The number of thiazole rings is 1.